The van der Waals surface area contributed by atoms with Crippen LogP contribution >= 0.6 is 11.6 Å². The summed E-state index contributed by atoms with van der Waals surface area (Å²) in [7, 11) is 0. The zero-order valence-electron chi connectivity index (χ0n) is 13.4. The Morgan fingerprint density at radius 3 is 2.46 bits per heavy atom. The highest BCUT2D eigenvalue weighted by atomic mass is 35.5. The quantitative estimate of drug-likeness (QED) is 0.748. The highest BCUT2D eigenvalue weighted by Gasteiger charge is 2.14. The molecule has 0 spiro atoms. The minimum Gasteiger partial charge on any atom is -0.322 e. The van der Waals surface area contributed by atoms with E-state index < -0.39 is 23.1 Å². The summed E-state index contributed by atoms with van der Waals surface area (Å²) in [5.41, 5.74) is -0.202. The van der Waals surface area contributed by atoms with Crippen LogP contribution in [0.5, 0.6) is 0 Å². The lowest BCUT2D eigenvalue weighted by atomic mass is 10.2. The lowest BCUT2D eigenvalue weighted by Crippen LogP contribution is -2.29. The first-order valence-corrected chi connectivity index (χ1v) is 8.03. The molecule has 0 aliphatic rings. The van der Waals surface area contributed by atoms with Crippen LogP contribution in [0.25, 0.3) is 0 Å². The second-order valence-electron chi connectivity index (χ2n) is 5.52. The first kappa shape index (κ1) is 17.8. The average molecular weight is 375 g/mol. The Morgan fingerprint density at radius 2 is 1.77 bits per heavy atom. The number of amides is 1. The molecule has 0 unspecified atom stereocenters. The van der Waals surface area contributed by atoms with Crippen molar-refractivity contribution in [2.75, 3.05) is 5.32 Å². The van der Waals surface area contributed by atoms with Crippen LogP contribution in [0.2, 0.25) is 5.02 Å². The number of pyridine rings is 1. The Bertz CT molecular complexity index is 997. The van der Waals surface area contributed by atoms with Crippen LogP contribution in [0.4, 0.5) is 14.5 Å². The van der Waals surface area contributed by atoms with E-state index in [4.69, 9.17) is 11.6 Å². The van der Waals surface area contributed by atoms with E-state index in [0.717, 1.165) is 0 Å². The third-order valence-electron chi connectivity index (χ3n) is 3.76. The van der Waals surface area contributed by atoms with E-state index in [1.54, 1.807) is 0 Å². The Balaban J connectivity index is 1.88. The Kier molecular flexibility index (Phi) is 5.14. The highest BCUT2D eigenvalue weighted by Crippen LogP contribution is 2.19. The molecule has 0 radical (unpaired) electrons. The van der Waals surface area contributed by atoms with Crippen LogP contribution in [-0.4, -0.2) is 10.5 Å². The molecule has 1 heterocycles. The van der Waals surface area contributed by atoms with Crippen LogP contribution < -0.4 is 10.9 Å². The molecule has 3 aromatic rings. The second-order valence-corrected chi connectivity index (χ2v) is 5.92. The highest BCUT2D eigenvalue weighted by molar-refractivity contribution is 6.31. The van der Waals surface area contributed by atoms with Gasteiger partial charge >= 0.3 is 0 Å². The van der Waals surface area contributed by atoms with Crippen molar-refractivity contribution in [3.05, 3.63) is 98.9 Å². The van der Waals surface area contributed by atoms with Gasteiger partial charge in [-0.2, -0.15) is 0 Å². The number of benzene rings is 2. The smallest absolute Gasteiger partial charge is 0.263 e. The van der Waals surface area contributed by atoms with Crippen molar-refractivity contribution < 1.29 is 13.6 Å². The number of nitrogens with one attached hydrogen (secondary N) is 1. The maximum absolute atomic E-state index is 13.9. The minimum atomic E-state index is -0.643. The fourth-order valence-corrected chi connectivity index (χ4v) is 2.64. The number of halogens is 3. The standard InChI is InChI=1S/C19H13ClF2N2O2/c20-16-4-1-5-17(22)15(16)11-24-10-2-3-14(19(24)26)18(25)23-13-8-6-12(21)7-9-13/h1-10H,11H2,(H,23,25). The zero-order valence-corrected chi connectivity index (χ0v) is 14.1. The van der Waals surface area contributed by atoms with E-state index in [1.165, 1.54) is 65.4 Å². The third kappa shape index (κ3) is 3.81. The lowest BCUT2D eigenvalue weighted by molar-refractivity contribution is 0.102. The fourth-order valence-electron chi connectivity index (χ4n) is 2.42. The van der Waals surface area contributed by atoms with Gasteiger partial charge in [0.1, 0.15) is 17.2 Å². The normalized spacial score (nSPS) is 10.6. The van der Waals surface area contributed by atoms with Crippen molar-refractivity contribution in [3.8, 4) is 0 Å². The molecular formula is C19H13ClF2N2O2. The van der Waals surface area contributed by atoms with Gasteiger partial charge in [-0.3, -0.25) is 9.59 Å². The first-order valence-electron chi connectivity index (χ1n) is 7.65. The SMILES string of the molecule is O=C(Nc1ccc(F)cc1)c1cccn(Cc2c(F)cccc2Cl)c1=O. The van der Waals surface area contributed by atoms with Gasteiger partial charge in [-0.15, -0.1) is 0 Å². The summed E-state index contributed by atoms with van der Waals surface area (Å²) in [5.74, 6) is -1.62. The van der Waals surface area contributed by atoms with Crippen molar-refractivity contribution in [3.63, 3.8) is 0 Å². The number of hydrogen-bond acceptors (Lipinski definition) is 2. The molecule has 4 nitrogen and oxygen atoms in total. The molecule has 0 saturated heterocycles. The van der Waals surface area contributed by atoms with E-state index >= 15 is 0 Å². The van der Waals surface area contributed by atoms with Gasteiger partial charge in [0.15, 0.2) is 0 Å². The number of rotatable bonds is 4. The number of aromatic nitrogens is 1. The van der Waals surface area contributed by atoms with Crippen LogP contribution in [0.15, 0.2) is 65.6 Å². The van der Waals surface area contributed by atoms with Crippen LogP contribution in [0, 0.1) is 11.6 Å². The molecule has 2 aromatic carbocycles. The Labute approximate surface area is 152 Å². The van der Waals surface area contributed by atoms with Crippen molar-refractivity contribution in [2.45, 2.75) is 6.54 Å². The molecule has 0 atom stereocenters. The van der Waals surface area contributed by atoms with Crippen molar-refractivity contribution in [1.29, 1.82) is 0 Å². The number of hydrogen-bond donors (Lipinski definition) is 1. The minimum absolute atomic E-state index is 0.109. The number of carbonyl (C=O) groups excluding carboxylic acids is 1. The molecule has 1 aromatic heterocycles. The van der Waals surface area contributed by atoms with Gasteiger partial charge in [0.2, 0.25) is 0 Å². The molecule has 1 amide bonds. The Hall–Kier alpha value is -2.99. The first-order chi connectivity index (χ1) is 12.5. The van der Waals surface area contributed by atoms with Gasteiger partial charge in [-0.05, 0) is 48.5 Å². The molecule has 0 saturated carbocycles. The number of anilines is 1. The van der Waals surface area contributed by atoms with Crippen molar-refractivity contribution in [1.82, 2.24) is 4.57 Å². The summed E-state index contributed by atoms with van der Waals surface area (Å²) in [6.07, 6.45) is 1.44. The molecule has 26 heavy (non-hydrogen) atoms. The molecule has 0 aliphatic heterocycles. The molecular weight excluding hydrogens is 362 g/mol. The molecule has 0 fully saturated rings. The van der Waals surface area contributed by atoms with E-state index in [-0.39, 0.29) is 22.7 Å². The van der Waals surface area contributed by atoms with E-state index in [0.29, 0.717) is 5.69 Å². The molecule has 0 aliphatic carbocycles. The maximum Gasteiger partial charge on any atom is 0.263 e. The van der Waals surface area contributed by atoms with Crippen molar-refractivity contribution >= 4 is 23.2 Å². The monoisotopic (exact) mass is 374 g/mol. The van der Waals surface area contributed by atoms with Gasteiger partial charge in [0, 0.05) is 22.5 Å². The summed E-state index contributed by atoms with van der Waals surface area (Å²) in [6.45, 7) is -0.109. The Morgan fingerprint density at radius 1 is 1.04 bits per heavy atom. The van der Waals surface area contributed by atoms with E-state index in [9.17, 15) is 18.4 Å². The average Bonchev–Trinajstić information content (AvgIpc) is 2.61. The van der Waals surface area contributed by atoms with Crippen molar-refractivity contribution in [2.24, 2.45) is 0 Å². The maximum atomic E-state index is 13.9. The lowest BCUT2D eigenvalue weighted by Gasteiger charge is -2.10. The van der Waals surface area contributed by atoms with Gasteiger partial charge in [-0.1, -0.05) is 17.7 Å². The number of nitrogens with zero attached hydrogens (tertiary/aromatic N) is 1. The molecule has 3 rings (SSSR count). The van der Waals surface area contributed by atoms with Crippen LogP contribution in [-0.2, 0) is 6.54 Å². The predicted octanol–water partition coefficient (Wildman–Crippen LogP) is 4.08. The van der Waals surface area contributed by atoms with Gasteiger partial charge in [0.25, 0.3) is 11.5 Å². The fraction of sp³-hybridized carbons (Fsp3) is 0.0526. The number of carbonyl (C=O) groups is 1. The van der Waals surface area contributed by atoms with E-state index in [2.05, 4.69) is 5.32 Å². The van der Waals surface area contributed by atoms with E-state index in [1.807, 2.05) is 0 Å². The summed E-state index contributed by atoms with van der Waals surface area (Å²) < 4.78 is 28.1. The molecule has 0 bridgehead atoms. The van der Waals surface area contributed by atoms with Gasteiger partial charge in [-0.25, -0.2) is 8.78 Å². The molecule has 7 heteroatoms. The summed E-state index contributed by atoms with van der Waals surface area (Å²) in [5, 5.41) is 2.71. The van der Waals surface area contributed by atoms with Gasteiger partial charge < -0.3 is 9.88 Å². The molecule has 1 N–H and O–H groups in total. The topological polar surface area (TPSA) is 51.1 Å². The third-order valence-corrected chi connectivity index (χ3v) is 4.11. The largest absolute Gasteiger partial charge is 0.322 e. The summed E-state index contributed by atoms with van der Waals surface area (Å²) >= 11 is 5.99. The molecule has 132 valence electrons. The zero-order chi connectivity index (χ0) is 18.7. The summed E-state index contributed by atoms with van der Waals surface area (Å²) in [4.78, 5) is 24.9. The van der Waals surface area contributed by atoms with Crippen LogP contribution in [0.3, 0.4) is 0 Å². The second kappa shape index (κ2) is 7.49. The summed E-state index contributed by atoms with van der Waals surface area (Å²) in [6, 6.07) is 12.3. The predicted molar refractivity (Wildman–Crippen MR) is 95.6 cm³/mol. The van der Waals surface area contributed by atoms with Crippen LogP contribution in [0.1, 0.15) is 15.9 Å². The van der Waals surface area contributed by atoms with Gasteiger partial charge in [0.05, 0.1) is 6.54 Å².